The average molecular weight is 421 g/mol. The molecule has 0 aliphatic rings. The fourth-order valence-corrected chi connectivity index (χ4v) is 3.67. The molecule has 2 rings (SSSR count). The predicted molar refractivity (Wildman–Crippen MR) is 104 cm³/mol. The lowest BCUT2D eigenvalue weighted by molar-refractivity contribution is 0.102. The van der Waals surface area contributed by atoms with E-state index >= 15 is 0 Å². The molecular formula is C15H21ClN4O4S2. The second-order valence-electron chi connectivity index (χ2n) is 5.17. The Labute approximate surface area is 162 Å². The maximum absolute atomic E-state index is 12.5. The van der Waals surface area contributed by atoms with Crippen LogP contribution in [-0.4, -0.2) is 44.3 Å². The standard InChI is InChI=1S/C15H20N4O4S2.ClH/c1-4-23-12-6-5-10(7-13(12)25(21,22)19(2)3)17-15(20)11-9-24-14(8-16)18-11;/h5-7,9H,4,8,16H2,1-3H3,(H,17,20);1H. The van der Waals surface area contributed by atoms with E-state index in [1.54, 1.807) is 18.4 Å². The van der Waals surface area contributed by atoms with Crippen molar-refractivity contribution in [3.63, 3.8) is 0 Å². The summed E-state index contributed by atoms with van der Waals surface area (Å²) in [6.07, 6.45) is 0. The van der Waals surface area contributed by atoms with E-state index in [2.05, 4.69) is 10.3 Å². The number of nitrogens with zero attached hydrogens (tertiary/aromatic N) is 2. The molecular weight excluding hydrogens is 400 g/mol. The molecule has 1 aromatic heterocycles. The van der Waals surface area contributed by atoms with Crippen molar-refractivity contribution in [2.75, 3.05) is 26.0 Å². The lowest BCUT2D eigenvalue weighted by Crippen LogP contribution is -2.23. The van der Waals surface area contributed by atoms with E-state index in [0.717, 1.165) is 4.31 Å². The third kappa shape index (κ3) is 4.92. The number of amides is 1. The summed E-state index contributed by atoms with van der Waals surface area (Å²) in [5.41, 5.74) is 6.05. The van der Waals surface area contributed by atoms with E-state index in [0.29, 0.717) is 17.3 Å². The molecule has 3 N–H and O–H groups in total. The molecule has 0 unspecified atom stereocenters. The fraction of sp³-hybridized carbons (Fsp3) is 0.333. The number of sulfonamides is 1. The Bertz CT molecular complexity index is 868. The number of benzene rings is 1. The number of thiazole rings is 1. The number of nitrogens with one attached hydrogen (secondary N) is 1. The Hall–Kier alpha value is -1.72. The molecule has 1 amide bonds. The van der Waals surface area contributed by atoms with Crippen LogP contribution in [0.1, 0.15) is 22.4 Å². The first-order valence-electron chi connectivity index (χ1n) is 7.44. The second kappa shape index (κ2) is 9.28. The van der Waals surface area contributed by atoms with Crippen LogP contribution in [0.3, 0.4) is 0 Å². The summed E-state index contributed by atoms with van der Waals surface area (Å²) in [5.74, 6) is -0.207. The Morgan fingerprint density at radius 2 is 2.08 bits per heavy atom. The van der Waals surface area contributed by atoms with Crippen molar-refractivity contribution in [2.45, 2.75) is 18.4 Å². The van der Waals surface area contributed by atoms with Gasteiger partial charge in [-0.15, -0.1) is 23.7 Å². The number of carbonyl (C=O) groups excluding carboxylic acids is 1. The van der Waals surface area contributed by atoms with E-state index in [1.165, 1.54) is 37.6 Å². The van der Waals surface area contributed by atoms with Gasteiger partial charge >= 0.3 is 0 Å². The zero-order chi connectivity index (χ0) is 18.6. The van der Waals surface area contributed by atoms with Gasteiger partial charge in [0.1, 0.15) is 21.3 Å². The Balaban J connectivity index is 0.00000338. The predicted octanol–water partition coefficient (Wildman–Crippen LogP) is 1.92. The van der Waals surface area contributed by atoms with Gasteiger partial charge in [0.2, 0.25) is 10.0 Å². The van der Waals surface area contributed by atoms with Gasteiger partial charge in [-0.05, 0) is 25.1 Å². The van der Waals surface area contributed by atoms with Crippen LogP contribution in [0.4, 0.5) is 5.69 Å². The molecule has 0 saturated heterocycles. The number of carbonyl (C=O) groups is 1. The number of halogens is 1. The molecule has 11 heteroatoms. The normalized spacial score (nSPS) is 11.1. The third-order valence-corrected chi connectivity index (χ3v) is 5.93. The highest BCUT2D eigenvalue weighted by molar-refractivity contribution is 7.89. The van der Waals surface area contributed by atoms with E-state index in [1.807, 2.05) is 0 Å². The number of anilines is 1. The molecule has 0 atom stereocenters. The first-order chi connectivity index (χ1) is 11.8. The third-order valence-electron chi connectivity index (χ3n) is 3.22. The van der Waals surface area contributed by atoms with E-state index < -0.39 is 15.9 Å². The first-order valence-corrected chi connectivity index (χ1v) is 9.76. The van der Waals surface area contributed by atoms with Gasteiger partial charge in [0.05, 0.1) is 6.61 Å². The van der Waals surface area contributed by atoms with Crippen LogP contribution < -0.4 is 15.8 Å². The Morgan fingerprint density at radius 3 is 2.62 bits per heavy atom. The summed E-state index contributed by atoms with van der Waals surface area (Å²) in [6.45, 7) is 2.34. The van der Waals surface area contributed by atoms with Gasteiger partial charge in [-0.2, -0.15) is 0 Å². The molecule has 0 spiro atoms. The van der Waals surface area contributed by atoms with Crippen molar-refractivity contribution in [3.8, 4) is 5.75 Å². The number of rotatable bonds is 7. The van der Waals surface area contributed by atoms with Crippen LogP contribution in [0.25, 0.3) is 0 Å². The number of hydrogen-bond donors (Lipinski definition) is 2. The SMILES string of the molecule is CCOc1ccc(NC(=O)c2csc(CN)n2)cc1S(=O)(=O)N(C)C.Cl. The summed E-state index contributed by atoms with van der Waals surface area (Å²) < 4.78 is 31.5. The minimum absolute atomic E-state index is 0. The largest absolute Gasteiger partial charge is 0.492 e. The quantitative estimate of drug-likeness (QED) is 0.707. The summed E-state index contributed by atoms with van der Waals surface area (Å²) in [7, 11) is -0.865. The summed E-state index contributed by atoms with van der Waals surface area (Å²) in [4.78, 5) is 16.3. The van der Waals surface area contributed by atoms with Gasteiger partial charge < -0.3 is 15.8 Å². The van der Waals surface area contributed by atoms with Crippen molar-refractivity contribution in [1.29, 1.82) is 0 Å². The molecule has 0 bridgehead atoms. The van der Waals surface area contributed by atoms with Crippen molar-refractivity contribution in [2.24, 2.45) is 5.73 Å². The van der Waals surface area contributed by atoms with Crippen LogP contribution in [0.15, 0.2) is 28.5 Å². The number of ether oxygens (including phenoxy) is 1. The zero-order valence-corrected chi connectivity index (χ0v) is 17.0. The van der Waals surface area contributed by atoms with Crippen LogP contribution >= 0.6 is 23.7 Å². The Kier molecular flexibility index (Phi) is 7.97. The zero-order valence-electron chi connectivity index (χ0n) is 14.6. The van der Waals surface area contributed by atoms with Crippen LogP contribution in [0, 0.1) is 0 Å². The van der Waals surface area contributed by atoms with Crippen molar-refractivity contribution < 1.29 is 17.9 Å². The van der Waals surface area contributed by atoms with Crippen molar-refractivity contribution in [1.82, 2.24) is 9.29 Å². The second-order valence-corrected chi connectivity index (χ2v) is 8.23. The fourth-order valence-electron chi connectivity index (χ4n) is 1.96. The lowest BCUT2D eigenvalue weighted by atomic mass is 10.3. The molecule has 26 heavy (non-hydrogen) atoms. The topological polar surface area (TPSA) is 115 Å². The highest BCUT2D eigenvalue weighted by Crippen LogP contribution is 2.29. The molecule has 1 heterocycles. The van der Waals surface area contributed by atoms with E-state index in [4.69, 9.17) is 10.5 Å². The average Bonchev–Trinajstić information content (AvgIpc) is 3.05. The smallest absolute Gasteiger partial charge is 0.275 e. The minimum Gasteiger partial charge on any atom is -0.492 e. The maximum Gasteiger partial charge on any atom is 0.275 e. The molecule has 2 aromatic rings. The summed E-state index contributed by atoms with van der Waals surface area (Å²) in [5, 5.41) is 4.89. The monoisotopic (exact) mass is 420 g/mol. The molecule has 0 aliphatic carbocycles. The van der Waals surface area contributed by atoms with Gasteiger partial charge in [0.25, 0.3) is 5.91 Å². The van der Waals surface area contributed by atoms with E-state index in [9.17, 15) is 13.2 Å². The van der Waals surface area contributed by atoms with Crippen LogP contribution in [0.2, 0.25) is 0 Å². The molecule has 0 fully saturated rings. The molecule has 0 radical (unpaired) electrons. The number of hydrogen-bond acceptors (Lipinski definition) is 7. The van der Waals surface area contributed by atoms with Gasteiger partial charge in [-0.1, -0.05) is 0 Å². The maximum atomic E-state index is 12.5. The van der Waals surface area contributed by atoms with Crippen molar-refractivity contribution >= 4 is 45.4 Å². The number of aromatic nitrogens is 1. The molecule has 0 saturated carbocycles. The van der Waals surface area contributed by atoms with Crippen LogP contribution in [0.5, 0.6) is 5.75 Å². The minimum atomic E-state index is -3.73. The van der Waals surface area contributed by atoms with Gasteiger partial charge in [-0.3, -0.25) is 4.79 Å². The molecule has 0 aliphatic heterocycles. The first kappa shape index (κ1) is 22.3. The molecule has 144 valence electrons. The summed E-state index contributed by atoms with van der Waals surface area (Å²) >= 11 is 1.29. The Morgan fingerprint density at radius 1 is 1.38 bits per heavy atom. The van der Waals surface area contributed by atoms with Gasteiger partial charge in [-0.25, -0.2) is 17.7 Å². The van der Waals surface area contributed by atoms with Gasteiger partial charge in [0.15, 0.2) is 0 Å². The van der Waals surface area contributed by atoms with Gasteiger partial charge in [0, 0.05) is 31.7 Å². The van der Waals surface area contributed by atoms with Crippen molar-refractivity contribution in [3.05, 3.63) is 34.3 Å². The number of nitrogens with two attached hydrogens (primary N) is 1. The lowest BCUT2D eigenvalue weighted by Gasteiger charge is -2.16. The highest BCUT2D eigenvalue weighted by atomic mass is 35.5. The summed E-state index contributed by atoms with van der Waals surface area (Å²) in [6, 6.07) is 4.46. The van der Waals surface area contributed by atoms with E-state index in [-0.39, 0.29) is 35.3 Å². The molecule has 1 aromatic carbocycles. The highest BCUT2D eigenvalue weighted by Gasteiger charge is 2.23. The van der Waals surface area contributed by atoms with Crippen LogP contribution in [-0.2, 0) is 16.6 Å². The molecule has 8 nitrogen and oxygen atoms in total.